The van der Waals surface area contributed by atoms with Crippen molar-refractivity contribution in [1.82, 2.24) is 25.3 Å². The second-order valence-electron chi connectivity index (χ2n) is 5.71. The van der Waals surface area contributed by atoms with Gasteiger partial charge < -0.3 is 10.2 Å². The van der Waals surface area contributed by atoms with Crippen LogP contribution in [0.15, 0.2) is 29.8 Å². The summed E-state index contributed by atoms with van der Waals surface area (Å²) >= 11 is 1.54. The van der Waals surface area contributed by atoms with Gasteiger partial charge in [0.1, 0.15) is 17.8 Å². The van der Waals surface area contributed by atoms with Gasteiger partial charge in [0.05, 0.1) is 0 Å². The van der Waals surface area contributed by atoms with E-state index in [1.165, 1.54) is 18.1 Å². The third-order valence-electron chi connectivity index (χ3n) is 3.90. The number of nitrogens with zero attached hydrogens (tertiary/aromatic N) is 5. The first-order valence-electron chi connectivity index (χ1n) is 7.87. The quantitative estimate of drug-likeness (QED) is 0.667. The van der Waals surface area contributed by atoms with Gasteiger partial charge in [-0.3, -0.25) is 4.79 Å². The number of hydrogen-bond acceptors (Lipinski definition) is 7. The first-order chi connectivity index (χ1) is 11.7. The maximum absolute atomic E-state index is 12.3. The fraction of sp³-hybridized carbons (Fsp3) is 0.438. The van der Waals surface area contributed by atoms with Crippen LogP contribution >= 0.6 is 11.8 Å². The lowest BCUT2D eigenvalue weighted by atomic mass is 10.1. The minimum Gasteiger partial charge on any atom is -0.354 e. The van der Waals surface area contributed by atoms with Gasteiger partial charge in [0.15, 0.2) is 5.16 Å². The largest absolute Gasteiger partial charge is 0.354 e. The Labute approximate surface area is 145 Å². The smallest absolute Gasteiger partial charge is 0.270 e. The monoisotopic (exact) mass is 344 g/mol. The van der Waals surface area contributed by atoms with Crippen LogP contribution in [0.1, 0.15) is 29.0 Å². The number of nitrogens with one attached hydrogen (secondary N) is 1. The summed E-state index contributed by atoms with van der Waals surface area (Å²) in [6, 6.07) is 3.69. The summed E-state index contributed by atoms with van der Waals surface area (Å²) in [5.41, 5.74) is 1.35. The van der Waals surface area contributed by atoms with E-state index in [4.69, 9.17) is 0 Å². The van der Waals surface area contributed by atoms with Crippen molar-refractivity contribution in [3.63, 3.8) is 0 Å². The fourth-order valence-electron chi connectivity index (χ4n) is 2.77. The molecule has 1 aliphatic heterocycles. The predicted molar refractivity (Wildman–Crippen MR) is 93.3 cm³/mol. The molecule has 0 radical (unpaired) electrons. The predicted octanol–water partition coefficient (Wildman–Crippen LogP) is 1.70. The average molecular weight is 344 g/mol. The van der Waals surface area contributed by atoms with E-state index in [-0.39, 0.29) is 11.9 Å². The highest BCUT2D eigenvalue weighted by molar-refractivity contribution is 7.98. The van der Waals surface area contributed by atoms with Crippen LogP contribution in [0, 0.1) is 6.92 Å². The number of amides is 1. The first-order valence-corrected chi connectivity index (χ1v) is 9.09. The van der Waals surface area contributed by atoms with Crippen molar-refractivity contribution in [2.24, 2.45) is 0 Å². The number of anilines is 1. The molecule has 1 fully saturated rings. The summed E-state index contributed by atoms with van der Waals surface area (Å²) in [4.78, 5) is 31.3. The third-order valence-corrected chi connectivity index (χ3v) is 4.45. The van der Waals surface area contributed by atoms with Gasteiger partial charge in [0, 0.05) is 37.1 Å². The Kier molecular flexibility index (Phi) is 5.24. The van der Waals surface area contributed by atoms with Gasteiger partial charge in [0.25, 0.3) is 5.91 Å². The summed E-state index contributed by atoms with van der Waals surface area (Å²) in [6.07, 6.45) is 6.89. The van der Waals surface area contributed by atoms with E-state index in [9.17, 15) is 4.79 Å². The van der Waals surface area contributed by atoms with Crippen molar-refractivity contribution in [2.45, 2.75) is 31.0 Å². The van der Waals surface area contributed by atoms with Gasteiger partial charge in [-0.25, -0.2) is 19.9 Å². The van der Waals surface area contributed by atoms with Gasteiger partial charge in [-0.05, 0) is 32.1 Å². The molecule has 0 aromatic carbocycles. The highest BCUT2D eigenvalue weighted by Gasteiger charge is 2.23. The molecule has 126 valence electrons. The van der Waals surface area contributed by atoms with Crippen LogP contribution in [-0.4, -0.2) is 51.2 Å². The molecule has 7 nitrogen and oxygen atoms in total. The van der Waals surface area contributed by atoms with Gasteiger partial charge >= 0.3 is 0 Å². The fourth-order valence-corrected chi connectivity index (χ4v) is 3.19. The van der Waals surface area contributed by atoms with Crippen LogP contribution < -0.4 is 10.2 Å². The van der Waals surface area contributed by atoms with Crippen molar-refractivity contribution >= 4 is 23.5 Å². The molecule has 1 unspecified atom stereocenters. The Morgan fingerprint density at radius 3 is 3.04 bits per heavy atom. The lowest BCUT2D eigenvalue weighted by Gasteiger charge is -2.34. The Morgan fingerprint density at radius 2 is 2.29 bits per heavy atom. The summed E-state index contributed by atoms with van der Waals surface area (Å²) in [5.74, 6) is 0.765. The summed E-state index contributed by atoms with van der Waals surface area (Å²) in [5, 5.41) is 3.83. The molecule has 1 amide bonds. The molecule has 0 bridgehead atoms. The Hall–Kier alpha value is -2.22. The number of carbonyl (C=O) groups is 1. The summed E-state index contributed by atoms with van der Waals surface area (Å²) < 4.78 is 0. The highest BCUT2D eigenvalue weighted by Crippen LogP contribution is 2.21. The molecular weight excluding hydrogens is 324 g/mol. The standard InChI is InChI=1S/C16H20N6OS/c1-11-8-14(21-16(19-11)24-2)22-7-3-4-12(9-22)20-15(23)13-5-6-17-10-18-13/h5-6,8,10,12H,3-4,7,9H2,1-2H3,(H,20,23). The zero-order chi connectivity index (χ0) is 16.9. The molecule has 2 aromatic heterocycles. The Balaban J connectivity index is 1.68. The third kappa shape index (κ3) is 4.00. The molecule has 3 rings (SSSR count). The molecule has 24 heavy (non-hydrogen) atoms. The highest BCUT2D eigenvalue weighted by atomic mass is 32.2. The average Bonchev–Trinajstić information content (AvgIpc) is 2.62. The van der Waals surface area contributed by atoms with E-state index < -0.39 is 0 Å². The number of thioether (sulfide) groups is 1. The topological polar surface area (TPSA) is 83.9 Å². The maximum Gasteiger partial charge on any atom is 0.270 e. The number of rotatable bonds is 4. The van der Waals surface area contributed by atoms with Crippen molar-refractivity contribution in [3.05, 3.63) is 36.0 Å². The van der Waals surface area contributed by atoms with E-state index in [1.807, 2.05) is 19.2 Å². The number of hydrogen-bond donors (Lipinski definition) is 1. The SMILES string of the molecule is CSc1nc(C)cc(N2CCCC(NC(=O)c3ccncn3)C2)n1. The molecule has 0 saturated carbocycles. The molecule has 1 atom stereocenters. The zero-order valence-electron chi connectivity index (χ0n) is 13.8. The van der Waals surface area contributed by atoms with Crippen molar-refractivity contribution in [1.29, 1.82) is 0 Å². The molecule has 2 aromatic rings. The summed E-state index contributed by atoms with van der Waals surface area (Å²) in [6.45, 7) is 3.65. The molecule has 8 heteroatoms. The van der Waals surface area contributed by atoms with Gasteiger partial charge in [-0.15, -0.1) is 0 Å². The molecule has 0 spiro atoms. The van der Waals surface area contributed by atoms with Crippen molar-refractivity contribution in [3.8, 4) is 0 Å². The number of aryl methyl sites for hydroxylation is 1. The Morgan fingerprint density at radius 1 is 1.42 bits per heavy atom. The molecule has 1 aliphatic rings. The zero-order valence-corrected chi connectivity index (χ0v) is 14.6. The van der Waals surface area contributed by atoms with Crippen molar-refractivity contribution in [2.75, 3.05) is 24.2 Å². The van der Waals surface area contributed by atoms with Crippen LogP contribution in [0.25, 0.3) is 0 Å². The molecule has 1 N–H and O–H groups in total. The van der Waals surface area contributed by atoms with Crippen molar-refractivity contribution < 1.29 is 4.79 Å². The number of carbonyl (C=O) groups excluding carboxylic acids is 1. The van der Waals surface area contributed by atoms with Gasteiger partial charge in [0.2, 0.25) is 0 Å². The van der Waals surface area contributed by atoms with E-state index >= 15 is 0 Å². The minimum absolute atomic E-state index is 0.0780. The minimum atomic E-state index is -0.159. The lowest BCUT2D eigenvalue weighted by molar-refractivity contribution is 0.0928. The maximum atomic E-state index is 12.3. The number of piperidine rings is 1. The van der Waals surface area contributed by atoms with E-state index in [0.29, 0.717) is 5.69 Å². The molecule has 3 heterocycles. The first kappa shape index (κ1) is 16.6. The van der Waals surface area contributed by atoms with Crippen LogP contribution in [-0.2, 0) is 0 Å². The molecule has 0 aliphatic carbocycles. The van der Waals surface area contributed by atoms with Crippen LogP contribution in [0.4, 0.5) is 5.82 Å². The lowest BCUT2D eigenvalue weighted by Crippen LogP contribution is -2.48. The van der Waals surface area contributed by atoms with Crippen LogP contribution in [0.3, 0.4) is 0 Å². The van der Waals surface area contributed by atoms with E-state index in [1.54, 1.807) is 12.3 Å². The second-order valence-corrected chi connectivity index (χ2v) is 6.48. The van der Waals surface area contributed by atoms with Gasteiger partial charge in [-0.1, -0.05) is 11.8 Å². The normalized spacial score (nSPS) is 17.6. The van der Waals surface area contributed by atoms with Crippen LogP contribution in [0.5, 0.6) is 0 Å². The van der Waals surface area contributed by atoms with Crippen LogP contribution in [0.2, 0.25) is 0 Å². The number of aromatic nitrogens is 4. The molecule has 1 saturated heterocycles. The molecular formula is C16H20N6OS. The summed E-state index contributed by atoms with van der Waals surface area (Å²) in [7, 11) is 0. The second kappa shape index (κ2) is 7.57. The van der Waals surface area contributed by atoms with E-state index in [2.05, 4.69) is 30.2 Å². The van der Waals surface area contributed by atoms with Gasteiger partial charge in [-0.2, -0.15) is 0 Å². The Bertz CT molecular complexity index is 711. The van der Waals surface area contributed by atoms with E-state index in [0.717, 1.165) is 42.6 Å².